The maximum absolute atomic E-state index is 12.3. The summed E-state index contributed by atoms with van der Waals surface area (Å²) in [6.45, 7) is 5.39. The highest BCUT2D eigenvalue weighted by molar-refractivity contribution is 7.99. The van der Waals surface area contributed by atoms with Crippen LogP contribution in [0.2, 0.25) is 0 Å². The molecule has 3 rings (SSSR count). The van der Waals surface area contributed by atoms with E-state index in [2.05, 4.69) is 15.5 Å². The Labute approximate surface area is 141 Å². The van der Waals surface area contributed by atoms with Crippen molar-refractivity contribution in [3.8, 4) is 0 Å². The van der Waals surface area contributed by atoms with Crippen LogP contribution in [-0.2, 0) is 15.3 Å². The molecule has 2 atom stereocenters. The van der Waals surface area contributed by atoms with Crippen LogP contribution in [0.5, 0.6) is 0 Å². The molecule has 7 nitrogen and oxygen atoms in total. The summed E-state index contributed by atoms with van der Waals surface area (Å²) in [7, 11) is 0. The Balaban J connectivity index is 1.48. The summed E-state index contributed by atoms with van der Waals surface area (Å²) in [5.41, 5.74) is 0. The smallest absolute Gasteiger partial charge is 0.232 e. The van der Waals surface area contributed by atoms with Gasteiger partial charge in [-0.25, -0.2) is 4.68 Å². The zero-order valence-corrected chi connectivity index (χ0v) is 14.7. The van der Waals surface area contributed by atoms with Crippen LogP contribution in [0.1, 0.15) is 51.4 Å². The van der Waals surface area contributed by atoms with Gasteiger partial charge < -0.3 is 9.64 Å². The fraction of sp³-hybridized carbons (Fsp3) is 0.867. The van der Waals surface area contributed by atoms with E-state index in [0.717, 1.165) is 18.7 Å². The third-order valence-corrected chi connectivity index (χ3v) is 5.37. The molecule has 0 bridgehead atoms. The van der Waals surface area contributed by atoms with Gasteiger partial charge in [-0.05, 0) is 37.1 Å². The maximum Gasteiger partial charge on any atom is 0.232 e. The molecule has 1 saturated carbocycles. The van der Waals surface area contributed by atoms with Gasteiger partial charge in [0.2, 0.25) is 5.91 Å². The second-order valence-electron chi connectivity index (χ2n) is 6.53. The van der Waals surface area contributed by atoms with Gasteiger partial charge in [-0.15, -0.1) is 16.9 Å². The lowest BCUT2D eigenvalue weighted by molar-refractivity contribution is -0.140. The van der Waals surface area contributed by atoms with Crippen molar-refractivity contribution in [2.24, 2.45) is 0 Å². The van der Waals surface area contributed by atoms with Gasteiger partial charge in [0.1, 0.15) is 0 Å². The monoisotopic (exact) mass is 339 g/mol. The van der Waals surface area contributed by atoms with Crippen LogP contribution in [0.25, 0.3) is 0 Å². The number of nitrogens with zero attached hydrogens (tertiary/aromatic N) is 5. The molecule has 1 saturated heterocycles. The zero-order chi connectivity index (χ0) is 16.2. The van der Waals surface area contributed by atoms with Crippen LogP contribution in [-0.4, -0.2) is 62.1 Å². The number of tetrazole rings is 1. The molecule has 1 amide bonds. The van der Waals surface area contributed by atoms with Gasteiger partial charge in [0.25, 0.3) is 0 Å². The molecule has 23 heavy (non-hydrogen) atoms. The van der Waals surface area contributed by atoms with Gasteiger partial charge in [0.05, 0.1) is 29.8 Å². The first kappa shape index (κ1) is 16.7. The molecule has 1 aliphatic heterocycles. The lowest BCUT2D eigenvalue weighted by Crippen LogP contribution is -2.48. The van der Waals surface area contributed by atoms with Crippen LogP contribution in [0, 0.1) is 0 Å². The molecule has 8 heteroatoms. The summed E-state index contributed by atoms with van der Waals surface area (Å²) in [4.78, 5) is 14.3. The average Bonchev–Trinajstić information content (AvgIpc) is 3.16. The SMILES string of the molecule is CC1CN(C(=O)CSCc2nnnn2C2CCCC2)CC(C)O1. The topological polar surface area (TPSA) is 73.1 Å². The normalized spacial score (nSPS) is 25.9. The highest BCUT2D eigenvalue weighted by Gasteiger charge is 2.26. The van der Waals surface area contributed by atoms with E-state index in [9.17, 15) is 4.79 Å². The Morgan fingerprint density at radius 2 is 1.96 bits per heavy atom. The zero-order valence-electron chi connectivity index (χ0n) is 13.8. The van der Waals surface area contributed by atoms with E-state index in [0.29, 0.717) is 30.6 Å². The Hall–Kier alpha value is -1.15. The van der Waals surface area contributed by atoms with Gasteiger partial charge in [-0.1, -0.05) is 12.8 Å². The standard InChI is InChI=1S/C15H25N5O2S/c1-11-7-19(8-12(2)22-11)15(21)10-23-9-14-16-17-18-20(14)13-5-3-4-6-13/h11-13H,3-10H2,1-2H3. The van der Waals surface area contributed by atoms with Crippen molar-refractivity contribution in [3.05, 3.63) is 5.82 Å². The second-order valence-corrected chi connectivity index (χ2v) is 7.51. The van der Waals surface area contributed by atoms with E-state index in [1.165, 1.54) is 12.8 Å². The first-order valence-corrected chi connectivity index (χ1v) is 9.56. The quantitative estimate of drug-likeness (QED) is 0.812. The Morgan fingerprint density at radius 1 is 1.26 bits per heavy atom. The van der Waals surface area contributed by atoms with Gasteiger partial charge >= 0.3 is 0 Å². The average molecular weight is 339 g/mol. The third kappa shape index (κ3) is 4.23. The van der Waals surface area contributed by atoms with Crippen molar-refractivity contribution in [1.82, 2.24) is 25.1 Å². The highest BCUT2D eigenvalue weighted by Crippen LogP contribution is 2.29. The van der Waals surface area contributed by atoms with E-state index in [1.54, 1.807) is 11.8 Å². The van der Waals surface area contributed by atoms with Crippen LogP contribution >= 0.6 is 11.8 Å². The molecular weight excluding hydrogens is 314 g/mol. The van der Waals surface area contributed by atoms with Crippen molar-refractivity contribution < 1.29 is 9.53 Å². The number of ether oxygens (including phenoxy) is 1. The summed E-state index contributed by atoms with van der Waals surface area (Å²) in [6, 6.07) is 0.442. The summed E-state index contributed by atoms with van der Waals surface area (Å²) < 4.78 is 7.63. The number of hydrogen-bond acceptors (Lipinski definition) is 6. The molecular formula is C15H25N5O2S. The van der Waals surface area contributed by atoms with Crippen LogP contribution in [0.4, 0.5) is 0 Å². The minimum Gasteiger partial charge on any atom is -0.372 e. The number of carbonyl (C=O) groups excluding carboxylic acids is 1. The van der Waals surface area contributed by atoms with E-state index in [-0.39, 0.29) is 18.1 Å². The number of morpholine rings is 1. The number of amides is 1. The molecule has 2 unspecified atom stereocenters. The maximum atomic E-state index is 12.3. The molecule has 2 aliphatic rings. The number of thioether (sulfide) groups is 1. The molecule has 2 heterocycles. The van der Waals surface area contributed by atoms with E-state index in [4.69, 9.17) is 4.74 Å². The van der Waals surface area contributed by atoms with E-state index in [1.807, 2.05) is 23.4 Å². The van der Waals surface area contributed by atoms with Gasteiger partial charge in [-0.3, -0.25) is 4.79 Å². The first-order chi connectivity index (χ1) is 11.1. The first-order valence-electron chi connectivity index (χ1n) is 8.41. The van der Waals surface area contributed by atoms with Gasteiger partial charge in [0.15, 0.2) is 5.82 Å². The molecule has 1 aromatic rings. The number of carbonyl (C=O) groups is 1. The largest absolute Gasteiger partial charge is 0.372 e. The molecule has 0 spiro atoms. The second kappa shape index (κ2) is 7.61. The fourth-order valence-corrected chi connectivity index (χ4v) is 4.27. The third-order valence-electron chi connectivity index (χ3n) is 4.46. The minimum absolute atomic E-state index is 0.113. The van der Waals surface area contributed by atoms with Crippen LogP contribution < -0.4 is 0 Å². The lowest BCUT2D eigenvalue weighted by Gasteiger charge is -2.35. The molecule has 0 radical (unpaired) electrons. The van der Waals surface area contributed by atoms with Crippen molar-refractivity contribution in [2.75, 3.05) is 18.8 Å². The van der Waals surface area contributed by atoms with Crippen molar-refractivity contribution in [3.63, 3.8) is 0 Å². The van der Waals surface area contributed by atoms with Crippen LogP contribution in [0.3, 0.4) is 0 Å². The summed E-state index contributed by atoms with van der Waals surface area (Å²) in [5.74, 6) is 2.22. The summed E-state index contributed by atoms with van der Waals surface area (Å²) in [6.07, 6.45) is 5.05. The molecule has 1 aliphatic carbocycles. The molecule has 0 aromatic carbocycles. The Morgan fingerprint density at radius 3 is 2.65 bits per heavy atom. The van der Waals surface area contributed by atoms with E-state index >= 15 is 0 Å². The van der Waals surface area contributed by atoms with Crippen molar-refractivity contribution in [2.45, 2.75) is 63.5 Å². The predicted octanol–water partition coefficient (Wildman–Crippen LogP) is 1.66. The highest BCUT2D eigenvalue weighted by atomic mass is 32.2. The van der Waals surface area contributed by atoms with Crippen molar-refractivity contribution in [1.29, 1.82) is 0 Å². The Kier molecular flexibility index (Phi) is 5.53. The number of rotatable bonds is 5. The van der Waals surface area contributed by atoms with Crippen LogP contribution in [0.15, 0.2) is 0 Å². The Bertz CT molecular complexity index is 522. The summed E-state index contributed by atoms with van der Waals surface area (Å²) >= 11 is 1.59. The minimum atomic E-state index is 0.113. The number of aromatic nitrogens is 4. The number of hydrogen-bond donors (Lipinski definition) is 0. The molecule has 128 valence electrons. The van der Waals surface area contributed by atoms with Crippen molar-refractivity contribution >= 4 is 17.7 Å². The van der Waals surface area contributed by atoms with E-state index < -0.39 is 0 Å². The van der Waals surface area contributed by atoms with Gasteiger partial charge in [-0.2, -0.15) is 0 Å². The summed E-state index contributed by atoms with van der Waals surface area (Å²) in [5, 5.41) is 12.1. The predicted molar refractivity (Wildman–Crippen MR) is 88.1 cm³/mol. The van der Waals surface area contributed by atoms with Gasteiger partial charge in [0, 0.05) is 13.1 Å². The molecule has 2 fully saturated rings. The fourth-order valence-electron chi connectivity index (χ4n) is 3.44. The molecule has 1 aromatic heterocycles. The lowest BCUT2D eigenvalue weighted by atomic mass is 10.2. The molecule has 0 N–H and O–H groups in total.